The smallest absolute Gasteiger partial charge is 0.325 e. The largest absolute Gasteiger partial charge is 0.481 e. The molecule has 2 aliphatic carbocycles. The van der Waals surface area contributed by atoms with Gasteiger partial charge in [-0.15, -0.1) is 0 Å². The topological polar surface area (TPSA) is 101 Å². The first-order valence-electron chi connectivity index (χ1n) is 4.41. The Hall–Kier alpha value is -1.36. The van der Waals surface area contributed by atoms with Crippen LogP contribution in [0.25, 0.3) is 0 Å². The highest BCUT2D eigenvalue weighted by Gasteiger charge is 2.61. The zero-order valence-electron chi connectivity index (χ0n) is 7.38. The summed E-state index contributed by atoms with van der Waals surface area (Å²) in [6.45, 7) is 0. The molecule has 2 bridgehead atoms. The highest BCUT2D eigenvalue weighted by atomic mass is 16.4. The molecule has 0 heterocycles. The second kappa shape index (κ2) is 2.57. The van der Waals surface area contributed by atoms with E-state index in [1.807, 2.05) is 0 Å². The Kier molecular flexibility index (Phi) is 1.69. The maximum Gasteiger partial charge on any atom is 0.325 e. The summed E-state index contributed by atoms with van der Waals surface area (Å²) in [6.07, 6.45) is 4.02. The number of allylic oxidation sites excluding steroid dienone is 1. The minimum absolute atomic E-state index is 0.224. The quantitative estimate of drug-likeness (QED) is 0.526. The number of carboxylic acid groups (broad SMARTS) is 2. The summed E-state index contributed by atoms with van der Waals surface area (Å²) in [5, 5.41) is 17.9. The first-order chi connectivity index (χ1) is 6.48. The Labute approximate surface area is 80.2 Å². The zero-order chi connectivity index (χ0) is 10.5. The second-order valence-corrected chi connectivity index (χ2v) is 3.95. The van der Waals surface area contributed by atoms with E-state index in [0.29, 0.717) is 6.42 Å². The number of aliphatic carboxylic acids is 2. The zero-order valence-corrected chi connectivity index (χ0v) is 7.38. The van der Waals surface area contributed by atoms with E-state index in [0.717, 1.165) is 0 Å². The van der Waals surface area contributed by atoms with Crippen LogP contribution in [0.1, 0.15) is 6.42 Å². The average molecular weight is 197 g/mol. The van der Waals surface area contributed by atoms with E-state index in [2.05, 4.69) is 0 Å². The van der Waals surface area contributed by atoms with Crippen LogP contribution >= 0.6 is 0 Å². The van der Waals surface area contributed by atoms with Crippen LogP contribution in [0.4, 0.5) is 0 Å². The molecule has 0 spiro atoms. The van der Waals surface area contributed by atoms with Gasteiger partial charge in [-0.2, -0.15) is 0 Å². The van der Waals surface area contributed by atoms with Crippen molar-refractivity contribution in [2.24, 2.45) is 23.5 Å². The third-order valence-electron chi connectivity index (χ3n) is 3.31. The molecule has 0 amide bonds. The van der Waals surface area contributed by atoms with E-state index in [9.17, 15) is 9.59 Å². The van der Waals surface area contributed by atoms with Gasteiger partial charge in [-0.3, -0.25) is 9.59 Å². The van der Waals surface area contributed by atoms with E-state index in [1.54, 1.807) is 12.2 Å². The van der Waals surface area contributed by atoms with Crippen molar-refractivity contribution in [1.29, 1.82) is 0 Å². The molecule has 0 aromatic rings. The van der Waals surface area contributed by atoms with Gasteiger partial charge in [0.05, 0.1) is 5.92 Å². The summed E-state index contributed by atoms with van der Waals surface area (Å²) in [4.78, 5) is 21.9. The van der Waals surface area contributed by atoms with Gasteiger partial charge < -0.3 is 15.9 Å². The summed E-state index contributed by atoms with van der Waals surface area (Å²) < 4.78 is 0. The van der Waals surface area contributed by atoms with Crippen LogP contribution in [0.5, 0.6) is 0 Å². The van der Waals surface area contributed by atoms with Crippen LogP contribution in [0.2, 0.25) is 0 Å². The van der Waals surface area contributed by atoms with Crippen molar-refractivity contribution in [3.63, 3.8) is 0 Å². The van der Waals surface area contributed by atoms with Crippen LogP contribution < -0.4 is 5.73 Å². The van der Waals surface area contributed by atoms with Crippen molar-refractivity contribution in [1.82, 2.24) is 0 Å². The van der Waals surface area contributed by atoms with Crippen LogP contribution in [0.3, 0.4) is 0 Å². The van der Waals surface area contributed by atoms with E-state index < -0.39 is 23.4 Å². The SMILES string of the molecule is NC1(C(=O)O)C2C=CC(C2)C1C(=O)O. The van der Waals surface area contributed by atoms with Gasteiger partial charge in [0.2, 0.25) is 0 Å². The molecule has 0 aromatic heterocycles. The van der Waals surface area contributed by atoms with Crippen LogP contribution in [-0.2, 0) is 9.59 Å². The van der Waals surface area contributed by atoms with Gasteiger partial charge in [0.15, 0.2) is 0 Å². The molecule has 5 nitrogen and oxygen atoms in total. The molecule has 0 aromatic carbocycles. The fourth-order valence-corrected chi connectivity index (χ4v) is 2.59. The van der Waals surface area contributed by atoms with Crippen LogP contribution in [0.15, 0.2) is 12.2 Å². The fraction of sp³-hybridized carbons (Fsp3) is 0.556. The molecule has 0 aliphatic heterocycles. The highest BCUT2D eigenvalue weighted by molar-refractivity contribution is 5.89. The first-order valence-corrected chi connectivity index (χ1v) is 4.41. The number of carboxylic acids is 2. The Bertz CT molecular complexity index is 338. The molecule has 76 valence electrons. The number of hydrogen-bond acceptors (Lipinski definition) is 3. The summed E-state index contributed by atoms with van der Waals surface area (Å²) >= 11 is 0. The molecular formula is C9H11NO4. The van der Waals surface area contributed by atoms with Gasteiger partial charge >= 0.3 is 11.9 Å². The molecule has 5 heteroatoms. The minimum atomic E-state index is -1.62. The predicted octanol–water partition coefficient (Wildman–Crippen LogP) is -0.325. The van der Waals surface area contributed by atoms with Crippen molar-refractivity contribution in [3.8, 4) is 0 Å². The Morgan fingerprint density at radius 2 is 2.00 bits per heavy atom. The standard InChI is InChI=1S/C9H11NO4/c10-9(8(13)14)5-2-1-4(3-5)6(9)7(11)12/h1-2,4-6H,3,10H2,(H,11,12)(H,13,14). The van der Waals surface area contributed by atoms with E-state index in [1.165, 1.54) is 0 Å². The van der Waals surface area contributed by atoms with Gasteiger partial charge in [-0.25, -0.2) is 0 Å². The maximum absolute atomic E-state index is 11.0. The van der Waals surface area contributed by atoms with E-state index in [-0.39, 0.29) is 11.8 Å². The van der Waals surface area contributed by atoms with Crippen molar-refractivity contribution in [3.05, 3.63) is 12.2 Å². The molecule has 4 N–H and O–H groups in total. The number of carbonyl (C=O) groups is 2. The number of hydrogen-bond donors (Lipinski definition) is 3. The summed E-state index contributed by atoms with van der Waals surface area (Å²) in [5.41, 5.74) is 4.08. The number of nitrogens with two attached hydrogens (primary N) is 1. The lowest BCUT2D eigenvalue weighted by Gasteiger charge is -2.31. The fourth-order valence-electron chi connectivity index (χ4n) is 2.59. The Morgan fingerprint density at radius 1 is 1.36 bits per heavy atom. The van der Waals surface area contributed by atoms with Gasteiger partial charge in [0, 0.05) is 5.92 Å². The molecule has 0 saturated heterocycles. The molecule has 4 unspecified atom stereocenters. The summed E-state index contributed by atoms with van der Waals surface area (Å²) in [7, 11) is 0. The third kappa shape index (κ3) is 0.874. The minimum Gasteiger partial charge on any atom is -0.481 e. The lowest BCUT2D eigenvalue weighted by Crippen LogP contribution is -2.59. The van der Waals surface area contributed by atoms with Crippen LogP contribution in [0, 0.1) is 17.8 Å². The second-order valence-electron chi connectivity index (χ2n) is 3.95. The Balaban J connectivity index is 2.45. The molecular weight excluding hydrogens is 186 g/mol. The maximum atomic E-state index is 11.0. The lowest BCUT2D eigenvalue weighted by atomic mass is 9.76. The van der Waals surface area contributed by atoms with Crippen molar-refractivity contribution >= 4 is 11.9 Å². The average Bonchev–Trinajstić information content (AvgIpc) is 2.61. The number of rotatable bonds is 2. The van der Waals surface area contributed by atoms with Crippen molar-refractivity contribution in [2.75, 3.05) is 0 Å². The lowest BCUT2D eigenvalue weighted by molar-refractivity contribution is -0.156. The van der Waals surface area contributed by atoms with Gasteiger partial charge in [-0.1, -0.05) is 12.2 Å². The molecule has 0 radical (unpaired) electrons. The third-order valence-corrected chi connectivity index (χ3v) is 3.31. The highest BCUT2D eigenvalue weighted by Crippen LogP contribution is 2.49. The molecule has 14 heavy (non-hydrogen) atoms. The molecule has 2 aliphatic rings. The van der Waals surface area contributed by atoms with E-state index >= 15 is 0 Å². The predicted molar refractivity (Wildman–Crippen MR) is 46.4 cm³/mol. The van der Waals surface area contributed by atoms with E-state index in [4.69, 9.17) is 15.9 Å². The normalized spacial score (nSPS) is 44.2. The van der Waals surface area contributed by atoms with Crippen LogP contribution in [-0.4, -0.2) is 27.7 Å². The van der Waals surface area contributed by atoms with Gasteiger partial charge in [0.1, 0.15) is 5.54 Å². The van der Waals surface area contributed by atoms with Gasteiger partial charge in [0.25, 0.3) is 0 Å². The van der Waals surface area contributed by atoms with Gasteiger partial charge in [-0.05, 0) is 12.3 Å². The molecule has 1 saturated carbocycles. The monoisotopic (exact) mass is 197 g/mol. The van der Waals surface area contributed by atoms with Crippen molar-refractivity contribution in [2.45, 2.75) is 12.0 Å². The summed E-state index contributed by atoms with van der Waals surface area (Å²) in [5.74, 6) is -3.90. The Morgan fingerprint density at radius 3 is 2.43 bits per heavy atom. The molecule has 4 atom stereocenters. The molecule has 1 fully saturated rings. The first kappa shape index (κ1) is 9.21. The molecule has 2 rings (SSSR count). The number of fused-ring (bicyclic) bond motifs is 2. The summed E-state index contributed by atoms with van der Waals surface area (Å²) in [6, 6.07) is 0. The van der Waals surface area contributed by atoms with Crippen molar-refractivity contribution < 1.29 is 19.8 Å².